The Hall–Kier alpha value is -1.97. The third-order valence-corrected chi connectivity index (χ3v) is 8.44. The maximum Gasteiger partial charge on any atom is 0.245 e. The minimum absolute atomic E-state index is 0.149. The fraction of sp³-hybridized carbons (Fsp3) is 0.654. The molecule has 1 aromatic carbocycles. The van der Waals surface area contributed by atoms with Crippen LogP contribution in [0.2, 0.25) is 0 Å². The molecule has 0 saturated carbocycles. The van der Waals surface area contributed by atoms with Gasteiger partial charge in [-0.1, -0.05) is 73.0 Å². The van der Waals surface area contributed by atoms with Gasteiger partial charge in [0.1, 0.15) is 11.6 Å². The number of alkyl halides is 1. The van der Waals surface area contributed by atoms with Crippen molar-refractivity contribution in [3.05, 3.63) is 35.9 Å². The number of carbonyl (C=O) groups is 3. The second-order valence-electron chi connectivity index (χ2n) is 9.81. The summed E-state index contributed by atoms with van der Waals surface area (Å²) < 4.78 is 6.49. The van der Waals surface area contributed by atoms with Gasteiger partial charge in [0.15, 0.2) is 0 Å². The van der Waals surface area contributed by atoms with Crippen LogP contribution in [0.15, 0.2) is 30.3 Å². The number of hydrogen-bond donors (Lipinski definition) is 3. The quantitative estimate of drug-likeness (QED) is 0.290. The molecule has 3 aliphatic heterocycles. The van der Waals surface area contributed by atoms with Crippen LogP contribution in [0.3, 0.4) is 0 Å². The monoisotopic (exact) mass is 549 g/mol. The maximum atomic E-state index is 14.1. The smallest absolute Gasteiger partial charge is 0.245 e. The van der Waals surface area contributed by atoms with E-state index in [4.69, 9.17) is 4.74 Å². The van der Waals surface area contributed by atoms with Crippen LogP contribution < -0.4 is 10.6 Å². The summed E-state index contributed by atoms with van der Waals surface area (Å²) in [6.07, 6.45) is 3.60. The number of halogens is 1. The summed E-state index contributed by atoms with van der Waals surface area (Å²) in [6.45, 7) is 4.74. The number of aliphatic hydroxyl groups is 1. The fourth-order valence-electron chi connectivity index (χ4n) is 6.08. The summed E-state index contributed by atoms with van der Waals surface area (Å²) in [5, 5.41) is 16.4. The number of rotatable bonds is 11. The van der Waals surface area contributed by atoms with Crippen molar-refractivity contribution >= 4 is 33.7 Å². The molecule has 3 heterocycles. The Balaban J connectivity index is 1.73. The van der Waals surface area contributed by atoms with E-state index in [-0.39, 0.29) is 29.2 Å². The SMILES string of the molecule is CCCCCNC(=O)C1N([C@H](CO)c2ccccc2)C(=O)[C@@H]2[C@H](C(=O)NCCC)[C@H]3OC12CC3Br. The lowest BCUT2D eigenvalue weighted by Gasteiger charge is -2.37. The molecule has 3 fully saturated rings. The zero-order chi connectivity index (χ0) is 25.2. The van der Waals surface area contributed by atoms with Gasteiger partial charge in [-0.3, -0.25) is 14.4 Å². The number of fused-ring (bicyclic) bond motifs is 1. The van der Waals surface area contributed by atoms with Gasteiger partial charge in [0.2, 0.25) is 17.7 Å². The first kappa shape index (κ1) is 26.1. The first-order valence-electron chi connectivity index (χ1n) is 12.8. The standard InChI is InChI=1S/C26H36BrN3O5/c1-3-5-9-13-29-24(33)22-26-14-17(27)21(35-26)19(23(32)28-12-4-2)20(26)25(34)30(22)18(15-31)16-10-7-6-8-11-16/h6-8,10-11,17-22,31H,3-5,9,12-15H2,1-2H3,(H,28,32)(H,29,33)/t17?,18-,19+,20+,21+,22?,26?/m1/s1. The number of benzene rings is 1. The highest BCUT2D eigenvalue weighted by atomic mass is 79.9. The van der Waals surface area contributed by atoms with Crippen LogP contribution in [0.4, 0.5) is 0 Å². The minimum atomic E-state index is -1.12. The summed E-state index contributed by atoms with van der Waals surface area (Å²) in [5.74, 6) is -2.28. The van der Waals surface area contributed by atoms with Crippen molar-refractivity contribution in [2.75, 3.05) is 19.7 Å². The van der Waals surface area contributed by atoms with Gasteiger partial charge in [-0.2, -0.15) is 0 Å². The zero-order valence-electron chi connectivity index (χ0n) is 20.4. The predicted molar refractivity (Wildman–Crippen MR) is 135 cm³/mol. The molecular formula is C26H36BrN3O5. The average Bonchev–Trinajstić information content (AvgIpc) is 3.45. The number of unbranched alkanes of at least 4 members (excludes halogenated alkanes) is 2. The first-order chi connectivity index (χ1) is 16.9. The molecule has 35 heavy (non-hydrogen) atoms. The second kappa shape index (κ2) is 11.0. The molecule has 8 nitrogen and oxygen atoms in total. The number of ether oxygens (including phenoxy) is 1. The van der Waals surface area contributed by atoms with Gasteiger partial charge in [-0.25, -0.2) is 0 Å². The van der Waals surface area contributed by atoms with E-state index in [1.54, 1.807) is 0 Å². The van der Waals surface area contributed by atoms with Crippen LogP contribution >= 0.6 is 15.9 Å². The lowest BCUT2D eigenvalue weighted by atomic mass is 9.70. The lowest BCUT2D eigenvalue weighted by Crippen LogP contribution is -2.56. The normalized spacial score (nSPS) is 31.9. The highest BCUT2D eigenvalue weighted by Gasteiger charge is 2.77. The molecule has 9 heteroatoms. The predicted octanol–water partition coefficient (Wildman–Crippen LogP) is 2.30. The molecule has 3 aliphatic rings. The number of nitrogens with one attached hydrogen (secondary N) is 2. The van der Waals surface area contributed by atoms with Gasteiger partial charge in [0.25, 0.3) is 0 Å². The van der Waals surface area contributed by atoms with E-state index in [0.717, 1.165) is 31.2 Å². The van der Waals surface area contributed by atoms with Crippen molar-refractivity contribution in [2.24, 2.45) is 11.8 Å². The van der Waals surface area contributed by atoms with Crippen molar-refractivity contribution in [1.29, 1.82) is 0 Å². The zero-order valence-corrected chi connectivity index (χ0v) is 22.0. The van der Waals surface area contributed by atoms with Gasteiger partial charge in [-0.15, -0.1) is 0 Å². The summed E-state index contributed by atoms with van der Waals surface area (Å²) >= 11 is 3.68. The van der Waals surface area contributed by atoms with Crippen molar-refractivity contribution in [2.45, 2.75) is 74.6 Å². The van der Waals surface area contributed by atoms with Crippen LogP contribution in [0.1, 0.15) is 57.6 Å². The highest BCUT2D eigenvalue weighted by Crippen LogP contribution is 2.61. The highest BCUT2D eigenvalue weighted by molar-refractivity contribution is 9.09. The molecule has 7 atom stereocenters. The van der Waals surface area contributed by atoms with Crippen LogP contribution in [0.25, 0.3) is 0 Å². The van der Waals surface area contributed by atoms with Gasteiger partial charge >= 0.3 is 0 Å². The number of hydrogen-bond acceptors (Lipinski definition) is 5. The molecular weight excluding hydrogens is 514 g/mol. The van der Waals surface area contributed by atoms with Gasteiger partial charge in [0, 0.05) is 17.9 Å². The van der Waals surface area contributed by atoms with Crippen molar-refractivity contribution in [3.8, 4) is 0 Å². The molecule has 3 unspecified atom stereocenters. The Kier molecular flexibility index (Phi) is 8.18. The van der Waals surface area contributed by atoms with E-state index in [1.165, 1.54) is 4.90 Å². The van der Waals surface area contributed by atoms with Gasteiger partial charge in [0.05, 0.1) is 30.6 Å². The van der Waals surface area contributed by atoms with E-state index < -0.39 is 35.6 Å². The van der Waals surface area contributed by atoms with E-state index in [9.17, 15) is 19.5 Å². The lowest BCUT2D eigenvalue weighted by molar-refractivity contribution is -0.145. The number of aliphatic hydroxyl groups excluding tert-OH is 1. The summed E-state index contributed by atoms with van der Waals surface area (Å²) in [7, 11) is 0. The molecule has 0 radical (unpaired) electrons. The Morgan fingerprint density at radius 3 is 2.51 bits per heavy atom. The molecule has 2 bridgehead atoms. The van der Waals surface area contributed by atoms with Gasteiger partial charge in [-0.05, 0) is 24.8 Å². The van der Waals surface area contributed by atoms with E-state index in [0.29, 0.717) is 19.5 Å². The Bertz CT molecular complexity index is 931. The Morgan fingerprint density at radius 2 is 1.86 bits per heavy atom. The Labute approximate surface area is 215 Å². The van der Waals surface area contributed by atoms with Crippen LogP contribution in [0.5, 0.6) is 0 Å². The molecule has 1 aromatic rings. The van der Waals surface area contributed by atoms with E-state index in [2.05, 4.69) is 33.5 Å². The third kappa shape index (κ3) is 4.51. The molecule has 3 amide bonds. The first-order valence-corrected chi connectivity index (χ1v) is 13.7. The molecule has 4 rings (SSSR count). The number of likely N-dealkylation sites (tertiary alicyclic amines) is 1. The molecule has 3 N–H and O–H groups in total. The number of carbonyl (C=O) groups excluding carboxylic acids is 3. The largest absolute Gasteiger partial charge is 0.394 e. The van der Waals surface area contributed by atoms with Crippen molar-refractivity contribution in [3.63, 3.8) is 0 Å². The van der Waals surface area contributed by atoms with E-state index >= 15 is 0 Å². The fourth-order valence-corrected chi connectivity index (χ4v) is 7.02. The Morgan fingerprint density at radius 1 is 1.14 bits per heavy atom. The summed E-state index contributed by atoms with van der Waals surface area (Å²) in [5.41, 5.74) is -0.387. The topological polar surface area (TPSA) is 108 Å². The summed E-state index contributed by atoms with van der Waals surface area (Å²) in [4.78, 5) is 42.4. The van der Waals surface area contributed by atoms with Crippen LogP contribution in [-0.4, -0.2) is 70.0 Å². The van der Waals surface area contributed by atoms with Crippen molar-refractivity contribution < 1.29 is 24.2 Å². The second-order valence-corrected chi connectivity index (χ2v) is 11.0. The minimum Gasteiger partial charge on any atom is -0.394 e. The molecule has 3 saturated heterocycles. The average molecular weight is 550 g/mol. The molecule has 192 valence electrons. The third-order valence-electron chi connectivity index (χ3n) is 7.60. The molecule has 0 aromatic heterocycles. The van der Waals surface area contributed by atoms with Crippen LogP contribution in [0, 0.1) is 11.8 Å². The maximum absolute atomic E-state index is 14.1. The molecule has 0 aliphatic carbocycles. The number of amides is 3. The summed E-state index contributed by atoms with van der Waals surface area (Å²) in [6, 6.07) is 7.58. The van der Waals surface area contributed by atoms with Crippen molar-refractivity contribution in [1.82, 2.24) is 15.5 Å². The van der Waals surface area contributed by atoms with Gasteiger partial charge < -0.3 is 25.4 Å². The molecule has 1 spiro atoms. The van der Waals surface area contributed by atoms with Crippen LogP contribution in [-0.2, 0) is 19.1 Å². The number of nitrogens with zero attached hydrogens (tertiary/aromatic N) is 1. The van der Waals surface area contributed by atoms with E-state index in [1.807, 2.05) is 37.3 Å².